The molecule has 0 aliphatic rings. The highest BCUT2D eigenvalue weighted by Crippen LogP contribution is 2.12. The Hall–Kier alpha value is -1.68. The molecular formula is C13H17N3O. The second kappa shape index (κ2) is 5.10. The van der Waals surface area contributed by atoms with Gasteiger partial charge in [0.15, 0.2) is 5.82 Å². The lowest BCUT2D eigenvalue weighted by Gasteiger charge is -2.08. The van der Waals surface area contributed by atoms with Crippen molar-refractivity contribution in [3.8, 4) is 0 Å². The van der Waals surface area contributed by atoms with Crippen molar-refractivity contribution >= 4 is 0 Å². The first-order chi connectivity index (χ1) is 8.16. The van der Waals surface area contributed by atoms with Gasteiger partial charge in [0.1, 0.15) is 0 Å². The zero-order valence-corrected chi connectivity index (χ0v) is 10.4. The molecule has 0 saturated carbocycles. The summed E-state index contributed by atoms with van der Waals surface area (Å²) in [7, 11) is 0. The zero-order chi connectivity index (χ0) is 12.3. The van der Waals surface area contributed by atoms with E-state index in [1.165, 1.54) is 16.7 Å². The maximum atomic E-state index is 4.91. The molecular weight excluding hydrogens is 214 g/mol. The lowest BCUT2D eigenvalue weighted by molar-refractivity contribution is 0.385. The van der Waals surface area contributed by atoms with Gasteiger partial charge in [-0.1, -0.05) is 23.4 Å². The van der Waals surface area contributed by atoms with Gasteiger partial charge in [0.25, 0.3) is 0 Å². The molecule has 2 rings (SSSR count). The highest BCUT2D eigenvalue weighted by atomic mass is 16.5. The van der Waals surface area contributed by atoms with Gasteiger partial charge in [-0.25, -0.2) is 0 Å². The maximum absolute atomic E-state index is 4.91. The summed E-state index contributed by atoms with van der Waals surface area (Å²) >= 11 is 0. The van der Waals surface area contributed by atoms with E-state index in [0.717, 1.165) is 6.54 Å². The van der Waals surface area contributed by atoms with Gasteiger partial charge in [-0.3, -0.25) is 0 Å². The highest BCUT2D eigenvalue weighted by Gasteiger charge is 2.03. The molecule has 0 aliphatic heterocycles. The normalized spacial score (nSPS) is 10.8. The Morgan fingerprint density at radius 1 is 1.18 bits per heavy atom. The Morgan fingerprint density at radius 3 is 2.71 bits per heavy atom. The van der Waals surface area contributed by atoms with E-state index < -0.39 is 0 Å². The molecule has 0 aliphatic carbocycles. The Balaban J connectivity index is 1.92. The second-order valence-corrected chi connectivity index (χ2v) is 4.19. The van der Waals surface area contributed by atoms with Crippen LogP contribution in [-0.2, 0) is 13.1 Å². The van der Waals surface area contributed by atoms with Crippen molar-refractivity contribution in [1.29, 1.82) is 0 Å². The molecule has 0 atom stereocenters. The largest absolute Gasteiger partial charge is 0.340 e. The van der Waals surface area contributed by atoms with E-state index in [4.69, 9.17) is 4.52 Å². The van der Waals surface area contributed by atoms with E-state index >= 15 is 0 Å². The fourth-order valence-electron chi connectivity index (χ4n) is 1.73. The van der Waals surface area contributed by atoms with Crippen molar-refractivity contribution in [2.24, 2.45) is 0 Å². The molecule has 4 nitrogen and oxygen atoms in total. The molecule has 1 aromatic heterocycles. The summed E-state index contributed by atoms with van der Waals surface area (Å²) in [5.74, 6) is 1.31. The first-order valence-electron chi connectivity index (χ1n) is 5.72. The van der Waals surface area contributed by atoms with E-state index in [2.05, 4.69) is 47.5 Å². The Morgan fingerprint density at radius 2 is 2.00 bits per heavy atom. The molecule has 1 N–H and O–H groups in total. The monoisotopic (exact) mass is 231 g/mol. The van der Waals surface area contributed by atoms with Crippen LogP contribution >= 0.6 is 0 Å². The summed E-state index contributed by atoms with van der Waals surface area (Å²) in [5.41, 5.74) is 3.97. The summed E-state index contributed by atoms with van der Waals surface area (Å²) in [5, 5.41) is 7.15. The summed E-state index contributed by atoms with van der Waals surface area (Å²) in [6.45, 7) is 7.51. The molecule has 2 aromatic rings. The quantitative estimate of drug-likeness (QED) is 0.877. The highest BCUT2D eigenvalue weighted by molar-refractivity contribution is 5.32. The van der Waals surface area contributed by atoms with Gasteiger partial charge in [-0.2, -0.15) is 4.98 Å². The topological polar surface area (TPSA) is 51.0 Å². The van der Waals surface area contributed by atoms with Gasteiger partial charge in [0.2, 0.25) is 5.89 Å². The number of nitrogens with zero attached hydrogens (tertiary/aromatic N) is 2. The van der Waals surface area contributed by atoms with E-state index in [-0.39, 0.29) is 0 Å². The average molecular weight is 231 g/mol. The number of benzene rings is 1. The van der Waals surface area contributed by atoms with Crippen LogP contribution in [0.5, 0.6) is 0 Å². The number of aryl methyl sites for hydroxylation is 2. The molecule has 1 heterocycles. The van der Waals surface area contributed by atoms with Crippen LogP contribution in [0.3, 0.4) is 0 Å². The minimum atomic E-state index is 0.605. The van der Waals surface area contributed by atoms with Gasteiger partial charge in [-0.05, 0) is 30.5 Å². The van der Waals surface area contributed by atoms with Crippen LogP contribution in [0.4, 0.5) is 0 Å². The smallest absolute Gasteiger partial charge is 0.223 e. The summed E-state index contributed by atoms with van der Waals surface area (Å²) < 4.78 is 4.91. The van der Waals surface area contributed by atoms with Gasteiger partial charge in [0.05, 0.1) is 6.54 Å². The molecule has 0 bridgehead atoms. The molecule has 0 unspecified atom stereocenters. The fourth-order valence-corrected chi connectivity index (χ4v) is 1.73. The lowest BCUT2D eigenvalue weighted by Crippen LogP contribution is -2.14. The molecule has 0 amide bonds. The Kier molecular flexibility index (Phi) is 3.54. The van der Waals surface area contributed by atoms with E-state index in [1.807, 2.05) is 0 Å². The van der Waals surface area contributed by atoms with Crippen LogP contribution < -0.4 is 5.32 Å². The van der Waals surface area contributed by atoms with Crippen molar-refractivity contribution in [3.63, 3.8) is 0 Å². The van der Waals surface area contributed by atoms with Crippen LogP contribution in [0.15, 0.2) is 22.7 Å². The van der Waals surface area contributed by atoms with Crippen LogP contribution in [0, 0.1) is 20.8 Å². The van der Waals surface area contributed by atoms with Gasteiger partial charge in [0, 0.05) is 13.5 Å². The third-order valence-electron chi connectivity index (χ3n) is 2.89. The number of rotatable bonds is 4. The second-order valence-electron chi connectivity index (χ2n) is 4.19. The summed E-state index contributed by atoms with van der Waals surface area (Å²) in [4.78, 5) is 4.14. The molecule has 4 heteroatoms. The molecule has 0 radical (unpaired) electrons. The Bertz CT molecular complexity index is 505. The summed E-state index contributed by atoms with van der Waals surface area (Å²) in [6, 6.07) is 6.34. The van der Waals surface area contributed by atoms with Crippen molar-refractivity contribution < 1.29 is 4.52 Å². The minimum Gasteiger partial charge on any atom is -0.340 e. The maximum Gasteiger partial charge on any atom is 0.223 e. The van der Waals surface area contributed by atoms with E-state index in [9.17, 15) is 0 Å². The first-order valence-corrected chi connectivity index (χ1v) is 5.72. The fraction of sp³-hybridized carbons (Fsp3) is 0.385. The standard InChI is InChI=1S/C13H17N3O/c1-9-5-4-6-12(10(9)2)7-14-8-13-15-11(3)17-16-13/h4-6,14H,7-8H2,1-3H3. The molecule has 0 saturated heterocycles. The third kappa shape index (κ3) is 2.91. The predicted octanol–water partition coefficient (Wildman–Crippen LogP) is 2.28. The molecule has 1 aromatic carbocycles. The lowest BCUT2D eigenvalue weighted by atomic mass is 10.0. The average Bonchev–Trinajstić information content (AvgIpc) is 2.70. The molecule has 17 heavy (non-hydrogen) atoms. The number of hydrogen-bond acceptors (Lipinski definition) is 4. The van der Waals surface area contributed by atoms with Crippen molar-refractivity contribution in [1.82, 2.24) is 15.5 Å². The van der Waals surface area contributed by atoms with Crippen LogP contribution in [0.1, 0.15) is 28.4 Å². The van der Waals surface area contributed by atoms with Crippen LogP contribution in [-0.4, -0.2) is 10.1 Å². The van der Waals surface area contributed by atoms with Crippen molar-refractivity contribution in [2.45, 2.75) is 33.9 Å². The predicted molar refractivity (Wildman–Crippen MR) is 65.5 cm³/mol. The molecule has 0 fully saturated rings. The van der Waals surface area contributed by atoms with Crippen LogP contribution in [0.25, 0.3) is 0 Å². The van der Waals surface area contributed by atoms with Crippen LogP contribution in [0.2, 0.25) is 0 Å². The summed E-state index contributed by atoms with van der Waals surface area (Å²) in [6.07, 6.45) is 0. The number of nitrogens with one attached hydrogen (secondary N) is 1. The molecule has 0 spiro atoms. The van der Waals surface area contributed by atoms with Gasteiger partial charge >= 0.3 is 0 Å². The SMILES string of the molecule is Cc1nc(CNCc2cccc(C)c2C)no1. The molecule has 90 valence electrons. The van der Waals surface area contributed by atoms with Gasteiger partial charge in [-0.15, -0.1) is 0 Å². The van der Waals surface area contributed by atoms with Gasteiger partial charge < -0.3 is 9.84 Å². The van der Waals surface area contributed by atoms with Crippen molar-refractivity contribution in [3.05, 3.63) is 46.6 Å². The number of hydrogen-bond donors (Lipinski definition) is 1. The number of aromatic nitrogens is 2. The first kappa shape index (κ1) is 11.8. The van der Waals surface area contributed by atoms with E-state index in [1.54, 1.807) is 6.92 Å². The minimum absolute atomic E-state index is 0.605. The van der Waals surface area contributed by atoms with E-state index in [0.29, 0.717) is 18.3 Å². The zero-order valence-electron chi connectivity index (χ0n) is 10.4. The van der Waals surface area contributed by atoms with Crippen molar-refractivity contribution in [2.75, 3.05) is 0 Å². The third-order valence-corrected chi connectivity index (χ3v) is 2.89. The Labute approximate surface area is 101 Å².